The Morgan fingerprint density at radius 2 is 1.88 bits per heavy atom. The maximum absolute atomic E-state index is 12.5. The number of benzene rings is 2. The summed E-state index contributed by atoms with van der Waals surface area (Å²) >= 11 is 0. The van der Waals surface area contributed by atoms with E-state index in [1.165, 1.54) is 29.8 Å². The van der Waals surface area contributed by atoms with Gasteiger partial charge in [-0.2, -0.15) is 0 Å². The van der Waals surface area contributed by atoms with Gasteiger partial charge in [0.25, 0.3) is 11.6 Å². The fourth-order valence-corrected chi connectivity index (χ4v) is 3.09. The van der Waals surface area contributed by atoms with Gasteiger partial charge >= 0.3 is 0 Å². The molecule has 1 heterocycles. The molecule has 1 saturated heterocycles. The Labute approximate surface area is 146 Å². The number of likely N-dealkylation sites (tertiary alicyclic amines) is 1. The molecule has 0 bridgehead atoms. The fraction of sp³-hybridized carbons (Fsp3) is 0.316. The Balaban J connectivity index is 1.62. The van der Waals surface area contributed by atoms with Crippen LogP contribution in [0.2, 0.25) is 0 Å². The van der Waals surface area contributed by atoms with E-state index in [0.29, 0.717) is 5.75 Å². The van der Waals surface area contributed by atoms with Crippen molar-refractivity contribution >= 4 is 11.6 Å². The van der Waals surface area contributed by atoms with Crippen molar-refractivity contribution in [2.24, 2.45) is 0 Å². The van der Waals surface area contributed by atoms with E-state index < -0.39 is 4.92 Å². The number of rotatable bonds is 5. The lowest BCUT2D eigenvalue weighted by Crippen LogP contribution is -2.34. The van der Waals surface area contributed by atoms with Crippen LogP contribution in [0.5, 0.6) is 5.75 Å². The molecule has 0 N–H and O–H groups in total. The molecule has 6 nitrogen and oxygen atoms in total. The molecule has 25 heavy (non-hydrogen) atoms. The van der Waals surface area contributed by atoms with Gasteiger partial charge < -0.3 is 9.64 Å². The van der Waals surface area contributed by atoms with Gasteiger partial charge in [-0.3, -0.25) is 14.9 Å². The summed E-state index contributed by atoms with van der Waals surface area (Å²) in [4.78, 5) is 24.6. The Kier molecular flexibility index (Phi) is 4.97. The lowest BCUT2D eigenvalue weighted by molar-refractivity contribution is -0.384. The fourth-order valence-electron chi connectivity index (χ4n) is 3.09. The van der Waals surface area contributed by atoms with Crippen LogP contribution < -0.4 is 4.74 Å². The van der Waals surface area contributed by atoms with Crippen molar-refractivity contribution < 1.29 is 14.5 Å². The minimum absolute atomic E-state index is 0.00217. The molecule has 0 aromatic heterocycles. The SMILES string of the molecule is Cc1ccc(C2CCCN2C(=O)COc2ccc([N+](=O)[O-])cc2)cc1. The van der Waals surface area contributed by atoms with Crippen molar-refractivity contribution in [3.05, 3.63) is 69.8 Å². The molecule has 3 rings (SSSR count). The van der Waals surface area contributed by atoms with Crippen LogP contribution in [0.3, 0.4) is 0 Å². The van der Waals surface area contributed by atoms with E-state index in [4.69, 9.17) is 4.74 Å². The van der Waals surface area contributed by atoms with Crippen LogP contribution in [0.15, 0.2) is 48.5 Å². The lowest BCUT2D eigenvalue weighted by atomic mass is 10.0. The zero-order valence-corrected chi connectivity index (χ0v) is 14.1. The van der Waals surface area contributed by atoms with Gasteiger partial charge in [-0.15, -0.1) is 0 Å². The summed E-state index contributed by atoms with van der Waals surface area (Å²) in [7, 11) is 0. The van der Waals surface area contributed by atoms with E-state index >= 15 is 0 Å². The van der Waals surface area contributed by atoms with Gasteiger partial charge in [0.2, 0.25) is 0 Å². The number of nitro groups is 1. The van der Waals surface area contributed by atoms with Crippen molar-refractivity contribution in [1.82, 2.24) is 4.90 Å². The van der Waals surface area contributed by atoms with E-state index in [1.807, 2.05) is 11.8 Å². The Bertz CT molecular complexity index is 756. The van der Waals surface area contributed by atoms with Crippen molar-refractivity contribution in [2.45, 2.75) is 25.8 Å². The van der Waals surface area contributed by atoms with Crippen LogP contribution >= 0.6 is 0 Å². The second-order valence-electron chi connectivity index (χ2n) is 6.20. The number of non-ortho nitro benzene ring substituents is 1. The summed E-state index contributed by atoms with van der Waals surface area (Å²) < 4.78 is 5.50. The van der Waals surface area contributed by atoms with Gasteiger partial charge in [-0.05, 0) is 37.5 Å². The third-order valence-corrected chi connectivity index (χ3v) is 4.45. The summed E-state index contributed by atoms with van der Waals surface area (Å²) in [5.41, 5.74) is 2.34. The van der Waals surface area contributed by atoms with E-state index in [2.05, 4.69) is 24.3 Å². The Hall–Kier alpha value is -2.89. The molecule has 1 aliphatic rings. The highest BCUT2D eigenvalue weighted by Gasteiger charge is 2.30. The predicted molar refractivity (Wildman–Crippen MR) is 93.5 cm³/mol. The van der Waals surface area contributed by atoms with Gasteiger partial charge in [-0.1, -0.05) is 29.8 Å². The molecule has 1 amide bonds. The van der Waals surface area contributed by atoms with Gasteiger partial charge in [0.1, 0.15) is 5.75 Å². The predicted octanol–water partition coefficient (Wildman–Crippen LogP) is 3.65. The van der Waals surface area contributed by atoms with Crippen molar-refractivity contribution in [2.75, 3.05) is 13.2 Å². The third kappa shape index (κ3) is 3.96. The van der Waals surface area contributed by atoms with Crippen LogP contribution in [0.25, 0.3) is 0 Å². The number of aryl methyl sites for hydroxylation is 1. The van der Waals surface area contributed by atoms with Crippen molar-refractivity contribution in [3.8, 4) is 5.75 Å². The number of hydrogen-bond donors (Lipinski definition) is 0. The molecule has 0 aliphatic carbocycles. The third-order valence-electron chi connectivity index (χ3n) is 4.45. The molecule has 6 heteroatoms. The maximum atomic E-state index is 12.5. The molecule has 1 aliphatic heterocycles. The first-order valence-corrected chi connectivity index (χ1v) is 8.28. The summed E-state index contributed by atoms with van der Waals surface area (Å²) in [5.74, 6) is 0.381. The van der Waals surface area contributed by atoms with Crippen LogP contribution in [0, 0.1) is 17.0 Å². The topological polar surface area (TPSA) is 72.7 Å². The number of carbonyl (C=O) groups is 1. The molecule has 0 radical (unpaired) electrons. The number of nitrogens with zero attached hydrogens (tertiary/aromatic N) is 2. The zero-order valence-electron chi connectivity index (χ0n) is 14.1. The van der Waals surface area contributed by atoms with Gasteiger partial charge in [0.15, 0.2) is 6.61 Å². The largest absolute Gasteiger partial charge is 0.484 e. The highest BCUT2D eigenvalue weighted by atomic mass is 16.6. The van der Waals surface area contributed by atoms with Gasteiger partial charge in [0.05, 0.1) is 11.0 Å². The quantitative estimate of drug-likeness (QED) is 0.615. The monoisotopic (exact) mass is 340 g/mol. The molecule has 1 unspecified atom stereocenters. The molecular formula is C19H20N2O4. The van der Waals surface area contributed by atoms with E-state index in [0.717, 1.165) is 24.9 Å². The summed E-state index contributed by atoms with van der Waals surface area (Å²) in [5, 5.41) is 10.6. The van der Waals surface area contributed by atoms with E-state index in [9.17, 15) is 14.9 Å². The first kappa shape index (κ1) is 17.0. The van der Waals surface area contributed by atoms with Crippen LogP contribution in [-0.4, -0.2) is 28.9 Å². The number of amides is 1. The maximum Gasteiger partial charge on any atom is 0.269 e. The molecule has 2 aromatic carbocycles. The molecule has 0 spiro atoms. The normalized spacial score (nSPS) is 16.7. The van der Waals surface area contributed by atoms with E-state index in [-0.39, 0.29) is 24.2 Å². The highest BCUT2D eigenvalue weighted by Crippen LogP contribution is 2.32. The second-order valence-corrected chi connectivity index (χ2v) is 6.20. The average Bonchev–Trinajstić information content (AvgIpc) is 3.10. The first-order valence-electron chi connectivity index (χ1n) is 8.28. The van der Waals surface area contributed by atoms with Gasteiger partial charge in [-0.25, -0.2) is 0 Å². The molecular weight excluding hydrogens is 320 g/mol. The van der Waals surface area contributed by atoms with Crippen LogP contribution in [-0.2, 0) is 4.79 Å². The van der Waals surface area contributed by atoms with E-state index in [1.54, 1.807) is 0 Å². The zero-order chi connectivity index (χ0) is 17.8. The average molecular weight is 340 g/mol. The standard InChI is InChI=1S/C19H20N2O4/c1-14-4-6-15(7-5-14)18-3-2-12-20(18)19(22)13-25-17-10-8-16(9-11-17)21(23)24/h4-11,18H,2-3,12-13H2,1H3. The van der Waals surface area contributed by atoms with Gasteiger partial charge in [0, 0.05) is 18.7 Å². The van der Waals surface area contributed by atoms with Crippen LogP contribution in [0.1, 0.15) is 30.0 Å². The number of carbonyl (C=O) groups excluding carboxylic acids is 1. The highest BCUT2D eigenvalue weighted by molar-refractivity contribution is 5.78. The minimum Gasteiger partial charge on any atom is -0.484 e. The Morgan fingerprint density at radius 1 is 1.20 bits per heavy atom. The first-order chi connectivity index (χ1) is 12.0. The molecule has 130 valence electrons. The van der Waals surface area contributed by atoms with Crippen molar-refractivity contribution in [3.63, 3.8) is 0 Å². The molecule has 2 aromatic rings. The molecule has 1 fully saturated rings. The number of ether oxygens (including phenoxy) is 1. The summed E-state index contributed by atoms with van der Waals surface area (Å²) in [6.45, 7) is 2.69. The lowest BCUT2D eigenvalue weighted by Gasteiger charge is -2.25. The minimum atomic E-state index is -0.467. The molecule has 1 atom stereocenters. The number of nitro benzene ring substituents is 1. The Morgan fingerprint density at radius 3 is 2.52 bits per heavy atom. The summed E-state index contributed by atoms with van der Waals surface area (Å²) in [6, 6.07) is 14.1. The number of hydrogen-bond acceptors (Lipinski definition) is 4. The summed E-state index contributed by atoms with van der Waals surface area (Å²) in [6.07, 6.45) is 1.92. The molecule has 0 saturated carbocycles. The van der Waals surface area contributed by atoms with Crippen molar-refractivity contribution in [1.29, 1.82) is 0 Å². The van der Waals surface area contributed by atoms with Crippen LogP contribution in [0.4, 0.5) is 5.69 Å². The smallest absolute Gasteiger partial charge is 0.269 e. The second kappa shape index (κ2) is 7.34.